The van der Waals surface area contributed by atoms with Crippen LogP contribution in [0.2, 0.25) is 0 Å². The van der Waals surface area contributed by atoms with Crippen molar-refractivity contribution in [3.8, 4) is 0 Å². The van der Waals surface area contributed by atoms with Gasteiger partial charge < -0.3 is 10.6 Å². The molecule has 0 aliphatic rings. The minimum atomic E-state index is 0.170. The van der Waals surface area contributed by atoms with Crippen LogP contribution in [0.3, 0.4) is 0 Å². The highest BCUT2D eigenvalue weighted by Gasteiger charge is 2.08. The Labute approximate surface area is 155 Å². The van der Waals surface area contributed by atoms with Gasteiger partial charge in [-0.3, -0.25) is 0 Å². The third-order valence-corrected chi connectivity index (χ3v) is 4.35. The second-order valence-corrected chi connectivity index (χ2v) is 6.86. The molecule has 134 valence electrons. The molecule has 3 aromatic rings. The molecule has 0 amide bonds. The molecule has 0 fully saturated rings. The van der Waals surface area contributed by atoms with E-state index in [0.29, 0.717) is 5.92 Å². The molecule has 0 saturated heterocycles. The number of nitrogens with zero attached hydrogens (tertiary/aromatic N) is 2. The lowest BCUT2D eigenvalue weighted by molar-refractivity contribution is 0.866. The topological polar surface area (TPSA) is 49.8 Å². The largest absolute Gasteiger partial charge is 0.363 e. The van der Waals surface area contributed by atoms with Crippen molar-refractivity contribution in [2.45, 2.75) is 39.7 Å². The van der Waals surface area contributed by atoms with Crippen LogP contribution in [0, 0.1) is 6.92 Å². The second kappa shape index (κ2) is 8.00. The normalized spacial score (nSPS) is 12.0. The SMILES string of the molecule is Cc1nc(Nc2ccc(C(C)C)cc2)cc(NC(C)c2ccccc2)n1. The number of nitrogens with one attached hydrogen (secondary N) is 2. The fourth-order valence-corrected chi connectivity index (χ4v) is 2.85. The molecule has 2 aromatic carbocycles. The van der Waals surface area contributed by atoms with Gasteiger partial charge in [0.2, 0.25) is 0 Å². The highest BCUT2D eigenvalue weighted by molar-refractivity contribution is 5.59. The third-order valence-electron chi connectivity index (χ3n) is 4.35. The molecular formula is C22H26N4. The van der Waals surface area contributed by atoms with E-state index in [1.54, 1.807) is 0 Å². The summed E-state index contributed by atoms with van der Waals surface area (Å²) in [5, 5.41) is 6.83. The summed E-state index contributed by atoms with van der Waals surface area (Å²) in [6.45, 7) is 8.43. The van der Waals surface area contributed by atoms with Crippen molar-refractivity contribution >= 4 is 17.3 Å². The molecule has 0 aliphatic carbocycles. The maximum atomic E-state index is 4.52. The number of anilines is 3. The number of hydrogen-bond donors (Lipinski definition) is 2. The Hall–Kier alpha value is -2.88. The van der Waals surface area contributed by atoms with E-state index in [0.717, 1.165) is 23.1 Å². The molecular weight excluding hydrogens is 320 g/mol. The van der Waals surface area contributed by atoms with Crippen molar-refractivity contribution in [3.05, 3.63) is 77.6 Å². The lowest BCUT2D eigenvalue weighted by atomic mass is 10.0. The van der Waals surface area contributed by atoms with Gasteiger partial charge in [-0.15, -0.1) is 0 Å². The highest BCUT2D eigenvalue weighted by atomic mass is 15.1. The lowest BCUT2D eigenvalue weighted by Crippen LogP contribution is -2.09. The molecule has 0 radical (unpaired) electrons. The molecule has 4 nitrogen and oxygen atoms in total. The second-order valence-electron chi connectivity index (χ2n) is 6.86. The predicted octanol–water partition coefficient (Wildman–Crippen LogP) is 5.83. The van der Waals surface area contributed by atoms with Gasteiger partial charge in [0, 0.05) is 17.8 Å². The zero-order valence-corrected chi connectivity index (χ0v) is 15.8. The van der Waals surface area contributed by atoms with Crippen LogP contribution in [-0.4, -0.2) is 9.97 Å². The van der Waals surface area contributed by atoms with Gasteiger partial charge >= 0.3 is 0 Å². The molecule has 1 unspecified atom stereocenters. The van der Waals surface area contributed by atoms with Crippen molar-refractivity contribution in [1.29, 1.82) is 0 Å². The van der Waals surface area contributed by atoms with E-state index in [9.17, 15) is 0 Å². The van der Waals surface area contributed by atoms with Gasteiger partial charge in [0.1, 0.15) is 17.5 Å². The molecule has 2 N–H and O–H groups in total. The van der Waals surface area contributed by atoms with Gasteiger partial charge in [-0.05, 0) is 43.0 Å². The minimum Gasteiger partial charge on any atom is -0.363 e. The van der Waals surface area contributed by atoms with Crippen LogP contribution < -0.4 is 10.6 Å². The average Bonchev–Trinajstić information content (AvgIpc) is 2.62. The average molecular weight is 346 g/mol. The number of hydrogen-bond acceptors (Lipinski definition) is 4. The smallest absolute Gasteiger partial charge is 0.136 e. The standard InChI is InChI=1S/C22H26N4/c1-15(2)18-10-12-20(13-11-18)26-22-14-21(24-17(4)25-22)23-16(3)19-8-6-5-7-9-19/h5-16H,1-4H3,(H2,23,24,25,26). The molecule has 1 heterocycles. The van der Waals surface area contributed by atoms with Gasteiger partial charge in [0.25, 0.3) is 0 Å². The predicted molar refractivity (Wildman–Crippen MR) is 109 cm³/mol. The van der Waals surface area contributed by atoms with Crippen LogP contribution in [-0.2, 0) is 0 Å². The first-order valence-corrected chi connectivity index (χ1v) is 9.05. The van der Waals surface area contributed by atoms with Crippen LogP contribution in [0.4, 0.5) is 17.3 Å². The first-order valence-electron chi connectivity index (χ1n) is 9.05. The Bertz CT molecular complexity index is 842. The van der Waals surface area contributed by atoms with Gasteiger partial charge in [0.05, 0.1) is 0 Å². The van der Waals surface area contributed by atoms with Gasteiger partial charge in [0.15, 0.2) is 0 Å². The number of aryl methyl sites for hydroxylation is 1. The van der Waals surface area contributed by atoms with Crippen LogP contribution in [0.5, 0.6) is 0 Å². The minimum absolute atomic E-state index is 0.170. The van der Waals surface area contributed by atoms with E-state index < -0.39 is 0 Å². The van der Waals surface area contributed by atoms with Crippen LogP contribution in [0.15, 0.2) is 60.7 Å². The summed E-state index contributed by atoms with van der Waals surface area (Å²) in [4.78, 5) is 9.02. The van der Waals surface area contributed by atoms with Crippen LogP contribution >= 0.6 is 0 Å². The number of aromatic nitrogens is 2. The third kappa shape index (κ3) is 4.60. The van der Waals surface area contributed by atoms with Gasteiger partial charge in [-0.1, -0.05) is 56.3 Å². The maximum absolute atomic E-state index is 4.52. The van der Waals surface area contributed by atoms with Crippen LogP contribution in [0.25, 0.3) is 0 Å². The summed E-state index contributed by atoms with van der Waals surface area (Å²) < 4.78 is 0. The molecule has 4 heteroatoms. The molecule has 1 aromatic heterocycles. The van der Waals surface area contributed by atoms with Crippen molar-refractivity contribution in [3.63, 3.8) is 0 Å². The van der Waals surface area contributed by atoms with Crippen molar-refractivity contribution in [1.82, 2.24) is 9.97 Å². The molecule has 3 rings (SSSR count). The summed E-state index contributed by atoms with van der Waals surface area (Å²) in [5.41, 5.74) is 3.57. The fourth-order valence-electron chi connectivity index (χ4n) is 2.85. The monoisotopic (exact) mass is 346 g/mol. The molecule has 1 atom stereocenters. The Balaban J connectivity index is 1.75. The Morgan fingerprint density at radius 2 is 1.42 bits per heavy atom. The molecule has 26 heavy (non-hydrogen) atoms. The summed E-state index contributed by atoms with van der Waals surface area (Å²) in [6, 6.07) is 20.9. The quantitative estimate of drug-likeness (QED) is 0.590. The molecule has 0 saturated carbocycles. The van der Waals surface area contributed by atoms with E-state index in [4.69, 9.17) is 0 Å². The van der Waals surface area contributed by atoms with Crippen molar-refractivity contribution in [2.24, 2.45) is 0 Å². The summed E-state index contributed by atoms with van der Waals surface area (Å²) >= 11 is 0. The van der Waals surface area contributed by atoms with E-state index in [-0.39, 0.29) is 6.04 Å². The van der Waals surface area contributed by atoms with E-state index in [2.05, 4.69) is 77.8 Å². The first kappa shape index (κ1) is 17.9. The summed E-state index contributed by atoms with van der Waals surface area (Å²) in [5.74, 6) is 2.87. The van der Waals surface area contributed by atoms with E-state index >= 15 is 0 Å². The van der Waals surface area contributed by atoms with Gasteiger partial charge in [-0.2, -0.15) is 0 Å². The molecule has 0 bridgehead atoms. The Kier molecular flexibility index (Phi) is 5.52. The summed E-state index contributed by atoms with van der Waals surface area (Å²) in [6.07, 6.45) is 0. The lowest BCUT2D eigenvalue weighted by Gasteiger charge is -2.16. The Morgan fingerprint density at radius 3 is 2.08 bits per heavy atom. The number of rotatable bonds is 6. The van der Waals surface area contributed by atoms with Crippen LogP contribution in [0.1, 0.15) is 49.7 Å². The maximum Gasteiger partial charge on any atom is 0.136 e. The fraction of sp³-hybridized carbons (Fsp3) is 0.273. The van der Waals surface area contributed by atoms with E-state index in [1.807, 2.05) is 31.2 Å². The Morgan fingerprint density at radius 1 is 0.769 bits per heavy atom. The molecule has 0 spiro atoms. The van der Waals surface area contributed by atoms with Crippen molar-refractivity contribution in [2.75, 3.05) is 10.6 Å². The summed E-state index contributed by atoms with van der Waals surface area (Å²) in [7, 11) is 0. The number of benzene rings is 2. The first-order chi connectivity index (χ1) is 12.5. The zero-order chi connectivity index (χ0) is 18.5. The van der Waals surface area contributed by atoms with Gasteiger partial charge in [-0.25, -0.2) is 9.97 Å². The molecule has 0 aliphatic heterocycles. The highest BCUT2D eigenvalue weighted by Crippen LogP contribution is 2.23. The van der Waals surface area contributed by atoms with Crippen molar-refractivity contribution < 1.29 is 0 Å². The van der Waals surface area contributed by atoms with E-state index in [1.165, 1.54) is 11.1 Å². The zero-order valence-electron chi connectivity index (χ0n) is 15.8.